The maximum atomic E-state index is 12.1. The summed E-state index contributed by atoms with van der Waals surface area (Å²) in [5.74, 6) is 0. The van der Waals surface area contributed by atoms with Crippen LogP contribution in [0.25, 0.3) is 0 Å². The van der Waals surface area contributed by atoms with Crippen LogP contribution in [-0.4, -0.2) is 34.2 Å². The van der Waals surface area contributed by atoms with Gasteiger partial charge in [-0.25, -0.2) is 13.1 Å². The Morgan fingerprint density at radius 2 is 1.81 bits per heavy atom. The van der Waals surface area contributed by atoms with Gasteiger partial charge in [0.25, 0.3) is 0 Å². The standard InChI is InChI=1S/C15H26N2O3S/c1-4-9-16-12-14-5-7-15(8-6-14)21(18,19)17-10-11-20-13(2)3/h5-8,13,16-17H,4,9-12H2,1-3H3. The molecule has 0 fully saturated rings. The molecule has 2 N–H and O–H groups in total. The van der Waals surface area contributed by atoms with E-state index in [9.17, 15) is 8.42 Å². The van der Waals surface area contributed by atoms with Crippen molar-refractivity contribution >= 4 is 10.0 Å². The number of nitrogens with one attached hydrogen (secondary N) is 2. The van der Waals surface area contributed by atoms with Crippen molar-refractivity contribution in [1.82, 2.24) is 10.0 Å². The molecule has 1 aromatic rings. The molecule has 1 aromatic carbocycles. The maximum absolute atomic E-state index is 12.1. The van der Waals surface area contributed by atoms with Crippen molar-refractivity contribution in [2.24, 2.45) is 0 Å². The molecule has 120 valence electrons. The van der Waals surface area contributed by atoms with Crippen LogP contribution in [0.3, 0.4) is 0 Å². The Bertz CT molecular complexity index is 498. The molecule has 0 bridgehead atoms. The van der Waals surface area contributed by atoms with Crippen LogP contribution in [0, 0.1) is 0 Å². The van der Waals surface area contributed by atoms with Gasteiger partial charge in [0.15, 0.2) is 0 Å². The van der Waals surface area contributed by atoms with Gasteiger partial charge in [0.1, 0.15) is 0 Å². The summed E-state index contributed by atoms with van der Waals surface area (Å²) in [5.41, 5.74) is 1.07. The minimum atomic E-state index is -3.45. The lowest BCUT2D eigenvalue weighted by atomic mass is 10.2. The van der Waals surface area contributed by atoms with Gasteiger partial charge in [-0.15, -0.1) is 0 Å². The fourth-order valence-corrected chi connectivity index (χ4v) is 2.76. The highest BCUT2D eigenvalue weighted by molar-refractivity contribution is 7.89. The highest BCUT2D eigenvalue weighted by atomic mass is 32.2. The Morgan fingerprint density at radius 1 is 1.14 bits per heavy atom. The lowest BCUT2D eigenvalue weighted by Crippen LogP contribution is -2.28. The van der Waals surface area contributed by atoms with Gasteiger partial charge in [0, 0.05) is 13.1 Å². The lowest BCUT2D eigenvalue weighted by molar-refractivity contribution is 0.0834. The first kappa shape index (κ1) is 18.1. The van der Waals surface area contributed by atoms with E-state index in [-0.39, 0.29) is 17.5 Å². The molecule has 0 atom stereocenters. The van der Waals surface area contributed by atoms with E-state index in [1.54, 1.807) is 12.1 Å². The first-order chi connectivity index (χ1) is 9.95. The second kappa shape index (κ2) is 9.15. The molecule has 0 aliphatic carbocycles. The summed E-state index contributed by atoms with van der Waals surface area (Å²) in [4.78, 5) is 0.284. The van der Waals surface area contributed by atoms with Gasteiger partial charge in [-0.05, 0) is 44.5 Å². The molecular formula is C15H26N2O3S. The molecule has 0 saturated carbocycles. The van der Waals surface area contributed by atoms with Crippen LogP contribution in [0.5, 0.6) is 0 Å². The molecule has 5 nitrogen and oxygen atoms in total. The first-order valence-corrected chi connectivity index (χ1v) is 8.85. The van der Waals surface area contributed by atoms with E-state index in [2.05, 4.69) is 17.0 Å². The summed E-state index contributed by atoms with van der Waals surface area (Å²) in [6, 6.07) is 6.94. The Hall–Kier alpha value is -0.950. The lowest BCUT2D eigenvalue weighted by Gasteiger charge is -2.10. The molecule has 0 spiro atoms. The highest BCUT2D eigenvalue weighted by Gasteiger charge is 2.13. The molecule has 0 aliphatic rings. The van der Waals surface area contributed by atoms with Gasteiger partial charge >= 0.3 is 0 Å². The minimum Gasteiger partial charge on any atom is -0.377 e. The zero-order chi connectivity index (χ0) is 15.7. The highest BCUT2D eigenvalue weighted by Crippen LogP contribution is 2.10. The van der Waals surface area contributed by atoms with E-state index in [0.717, 1.165) is 25.1 Å². The molecule has 6 heteroatoms. The molecule has 0 amide bonds. The van der Waals surface area contributed by atoms with Crippen molar-refractivity contribution in [3.8, 4) is 0 Å². The van der Waals surface area contributed by atoms with Gasteiger partial charge in [0.2, 0.25) is 10.0 Å². The van der Waals surface area contributed by atoms with Crippen LogP contribution in [0.1, 0.15) is 32.8 Å². The second-order valence-corrected chi connectivity index (χ2v) is 6.91. The zero-order valence-electron chi connectivity index (χ0n) is 13.1. The molecule has 0 aliphatic heterocycles. The van der Waals surface area contributed by atoms with Crippen LogP contribution >= 0.6 is 0 Å². The molecular weight excluding hydrogens is 288 g/mol. The molecule has 0 unspecified atom stereocenters. The smallest absolute Gasteiger partial charge is 0.240 e. The number of benzene rings is 1. The van der Waals surface area contributed by atoms with Crippen LogP contribution in [0.15, 0.2) is 29.2 Å². The van der Waals surface area contributed by atoms with Gasteiger partial charge < -0.3 is 10.1 Å². The largest absolute Gasteiger partial charge is 0.377 e. The van der Waals surface area contributed by atoms with Crippen LogP contribution in [0.2, 0.25) is 0 Å². The van der Waals surface area contributed by atoms with Crippen LogP contribution in [-0.2, 0) is 21.3 Å². The fraction of sp³-hybridized carbons (Fsp3) is 0.600. The molecule has 0 radical (unpaired) electrons. The third-order valence-corrected chi connectivity index (χ3v) is 4.31. The van der Waals surface area contributed by atoms with E-state index in [4.69, 9.17) is 4.74 Å². The van der Waals surface area contributed by atoms with Crippen molar-refractivity contribution in [2.75, 3.05) is 19.7 Å². The normalized spacial score (nSPS) is 12.0. The predicted molar refractivity (Wildman–Crippen MR) is 84.7 cm³/mol. The van der Waals surface area contributed by atoms with Crippen LogP contribution in [0.4, 0.5) is 0 Å². The number of hydrogen-bond acceptors (Lipinski definition) is 4. The third kappa shape index (κ3) is 7.04. The van der Waals surface area contributed by atoms with E-state index in [1.807, 2.05) is 26.0 Å². The van der Waals surface area contributed by atoms with Gasteiger partial charge in [-0.3, -0.25) is 0 Å². The fourth-order valence-electron chi connectivity index (χ4n) is 1.75. The van der Waals surface area contributed by atoms with Crippen LogP contribution < -0.4 is 10.0 Å². The average molecular weight is 314 g/mol. The summed E-state index contributed by atoms with van der Waals surface area (Å²) < 4.78 is 32.0. The number of rotatable bonds is 10. The van der Waals surface area contributed by atoms with Crippen molar-refractivity contribution in [2.45, 2.75) is 44.7 Å². The third-order valence-electron chi connectivity index (χ3n) is 2.83. The number of ether oxygens (including phenoxy) is 1. The molecule has 21 heavy (non-hydrogen) atoms. The van der Waals surface area contributed by atoms with Crippen molar-refractivity contribution in [3.63, 3.8) is 0 Å². The van der Waals surface area contributed by atoms with E-state index >= 15 is 0 Å². The van der Waals surface area contributed by atoms with Crippen molar-refractivity contribution in [1.29, 1.82) is 0 Å². The number of sulfonamides is 1. The van der Waals surface area contributed by atoms with Gasteiger partial charge in [-0.2, -0.15) is 0 Å². The second-order valence-electron chi connectivity index (χ2n) is 5.14. The number of hydrogen-bond donors (Lipinski definition) is 2. The van der Waals surface area contributed by atoms with Gasteiger partial charge in [-0.1, -0.05) is 19.1 Å². The molecule has 0 aromatic heterocycles. The summed E-state index contributed by atoms with van der Waals surface area (Å²) in [7, 11) is -3.45. The molecule has 0 saturated heterocycles. The van der Waals surface area contributed by atoms with E-state index in [0.29, 0.717) is 6.61 Å². The Balaban J connectivity index is 2.50. The van der Waals surface area contributed by atoms with Crippen molar-refractivity contribution < 1.29 is 13.2 Å². The SMILES string of the molecule is CCCNCc1ccc(S(=O)(=O)NCCOC(C)C)cc1. The Labute approximate surface area is 128 Å². The summed E-state index contributed by atoms with van der Waals surface area (Å²) in [6.07, 6.45) is 1.18. The molecule has 0 heterocycles. The maximum Gasteiger partial charge on any atom is 0.240 e. The predicted octanol–water partition coefficient (Wildman–Crippen LogP) is 1.89. The summed E-state index contributed by atoms with van der Waals surface area (Å²) in [5, 5.41) is 3.28. The van der Waals surface area contributed by atoms with Gasteiger partial charge in [0.05, 0.1) is 17.6 Å². The molecule has 1 rings (SSSR count). The Kier molecular flexibility index (Phi) is 7.88. The topological polar surface area (TPSA) is 67.4 Å². The first-order valence-electron chi connectivity index (χ1n) is 7.36. The van der Waals surface area contributed by atoms with Crippen molar-refractivity contribution in [3.05, 3.63) is 29.8 Å². The summed E-state index contributed by atoms with van der Waals surface area (Å²) >= 11 is 0. The minimum absolute atomic E-state index is 0.101. The Morgan fingerprint density at radius 3 is 2.38 bits per heavy atom. The van der Waals surface area contributed by atoms with E-state index < -0.39 is 10.0 Å². The quantitative estimate of drug-likeness (QED) is 0.647. The average Bonchev–Trinajstić information content (AvgIpc) is 2.44. The zero-order valence-corrected chi connectivity index (χ0v) is 13.9. The monoisotopic (exact) mass is 314 g/mol. The summed E-state index contributed by atoms with van der Waals surface area (Å²) in [6.45, 7) is 8.30. The van der Waals surface area contributed by atoms with E-state index in [1.165, 1.54) is 0 Å².